The van der Waals surface area contributed by atoms with Gasteiger partial charge < -0.3 is 20.4 Å². The molecule has 0 aromatic carbocycles. The standard InChI is InChI=1S/C21H23N5O3/c1-11-18(7-16(9-22-11)24-12(2)27)26-21(28)14-4-13-6-19(25-20(13)23-8-14)17-5-15(17)10-29-3/h4,6-9,15,17H,5,10H2,1-3H3,(H,23,25)(H,24,27)(H,26,28)/t15-,17+/m1/s1. The number of amides is 2. The Balaban J connectivity index is 1.52. The third-order valence-electron chi connectivity index (χ3n) is 5.11. The fourth-order valence-electron chi connectivity index (χ4n) is 3.51. The molecule has 2 amide bonds. The lowest BCUT2D eigenvalue weighted by atomic mass is 10.2. The predicted octanol–water partition coefficient (Wildman–Crippen LogP) is 3.23. The number of pyridine rings is 2. The van der Waals surface area contributed by atoms with Gasteiger partial charge in [-0.25, -0.2) is 4.98 Å². The molecule has 1 aliphatic carbocycles. The molecule has 3 aromatic heterocycles. The molecule has 150 valence electrons. The Morgan fingerprint density at radius 3 is 2.79 bits per heavy atom. The number of carbonyl (C=O) groups is 2. The van der Waals surface area contributed by atoms with Gasteiger partial charge in [0.25, 0.3) is 5.91 Å². The highest BCUT2D eigenvalue weighted by molar-refractivity contribution is 6.06. The van der Waals surface area contributed by atoms with Crippen LogP contribution in [0.15, 0.2) is 30.6 Å². The number of aromatic amines is 1. The SMILES string of the molecule is COC[C@H]1C[C@@H]1c1cc2cc(C(=O)Nc3cc(NC(C)=O)cnc3C)cnc2[nH]1. The van der Waals surface area contributed by atoms with Crippen molar-refractivity contribution >= 4 is 34.2 Å². The number of rotatable bonds is 6. The van der Waals surface area contributed by atoms with Gasteiger partial charge in [0.15, 0.2) is 0 Å². The zero-order valence-corrected chi connectivity index (χ0v) is 16.6. The Morgan fingerprint density at radius 1 is 1.21 bits per heavy atom. The number of H-pyrrole nitrogens is 1. The van der Waals surface area contributed by atoms with Crippen LogP contribution in [0.3, 0.4) is 0 Å². The Bertz CT molecular complexity index is 1090. The second-order valence-electron chi connectivity index (χ2n) is 7.44. The van der Waals surface area contributed by atoms with Gasteiger partial charge in [-0.3, -0.25) is 14.6 Å². The van der Waals surface area contributed by atoms with Crippen LogP contribution in [0.5, 0.6) is 0 Å². The van der Waals surface area contributed by atoms with Gasteiger partial charge in [-0.1, -0.05) is 0 Å². The van der Waals surface area contributed by atoms with Crippen LogP contribution < -0.4 is 10.6 Å². The molecule has 4 rings (SSSR count). The monoisotopic (exact) mass is 393 g/mol. The number of aromatic nitrogens is 3. The summed E-state index contributed by atoms with van der Waals surface area (Å²) in [7, 11) is 1.72. The molecule has 1 fully saturated rings. The third kappa shape index (κ3) is 4.12. The van der Waals surface area contributed by atoms with Gasteiger partial charge in [-0.05, 0) is 37.5 Å². The van der Waals surface area contributed by atoms with E-state index in [0.29, 0.717) is 34.5 Å². The van der Waals surface area contributed by atoms with E-state index >= 15 is 0 Å². The summed E-state index contributed by atoms with van der Waals surface area (Å²) < 4.78 is 5.23. The van der Waals surface area contributed by atoms with Crippen molar-refractivity contribution in [3.8, 4) is 0 Å². The second kappa shape index (κ2) is 7.63. The van der Waals surface area contributed by atoms with Gasteiger partial charge in [0, 0.05) is 43.8 Å². The molecule has 29 heavy (non-hydrogen) atoms. The minimum atomic E-state index is -0.282. The lowest BCUT2D eigenvalue weighted by Crippen LogP contribution is -2.14. The van der Waals surface area contributed by atoms with Crippen LogP contribution in [-0.2, 0) is 9.53 Å². The zero-order valence-electron chi connectivity index (χ0n) is 16.6. The molecule has 0 bridgehead atoms. The number of methoxy groups -OCH3 is 1. The second-order valence-corrected chi connectivity index (χ2v) is 7.44. The van der Waals surface area contributed by atoms with Crippen LogP contribution >= 0.6 is 0 Å². The average molecular weight is 393 g/mol. The van der Waals surface area contributed by atoms with E-state index in [9.17, 15) is 9.59 Å². The number of nitrogens with one attached hydrogen (secondary N) is 3. The van der Waals surface area contributed by atoms with E-state index in [-0.39, 0.29) is 11.8 Å². The van der Waals surface area contributed by atoms with Crippen LogP contribution in [0, 0.1) is 12.8 Å². The Morgan fingerprint density at radius 2 is 2.03 bits per heavy atom. The Kier molecular flexibility index (Phi) is 5.02. The number of fused-ring (bicyclic) bond motifs is 1. The quantitative estimate of drug-likeness (QED) is 0.596. The molecule has 1 aliphatic rings. The Hall–Kier alpha value is -3.26. The number of hydrogen-bond donors (Lipinski definition) is 3. The number of ether oxygens (including phenoxy) is 1. The topological polar surface area (TPSA) is 109 Å². The summed E-state index contributed by atoms with van der Waals surface area (Å²) >= 11 is 0. The molecule has 3 heterocycles. The lowest BCUT2D eigenvalue weighted by molar-refractivity contribution is -0.114. The molecule has 0 unspecified atom stereocenters. The van der Waals surface area contributed by atoms with E-state index in [0.717, 1.165) is 29.8 Å². The van der Waals surface area contributed by atoms with Gasteiger partial charge in [-0.2, -0.15) is 0 Å². The average Bonchev–Trinajstić information content (AvgIpc) is 3.31. The molecule has 0 spiro atoms. The van der Waals surface area contributed by atoms with Crippen LogP contribution in [0.25, 0.3) is 11.0 Å². The maximum atomic E-state index is 12.7. The summed E-state index contributed by atoms with van der Waals surface area (Å²) in [4.78, 5) is 36.0. The minimum absolute atomic E-state index is 0.200. The van der Waals surface area contributed by atoms with Crippen LogP contribution in [0.4, 0.5) is 11.4 Å². The van der Waals surface area contributed by atoms with Gasteiger partial charge in [-0.15, -0.1) is 0 Å². The van der Waals surface area contributed by atoms with E-state index < -0.39 is 0 Å². The van der Waals surface area contributed by atoms with Crippen molar-refractivity contribution in [3.63, 3.8) is 0 Å². The number of hydrogen-bond acceptors (Lipinski definition) is 5. The molecule has 1 saturated carbocycles. The molecule has 0 radical (unpaired) electrons. The van der Waals surface area contributed by atoms with Crippen molar-refractivity contribution in [2.45, 2.75) is 26.2 Å². The van der Waals surface area contributed by atoms with Gasteiger partial charge in [0.2, 0.25) is 5.91 Å². The molecule has 8 nitrogen and oxygen atoms in total. The van der Waals surface area contributed by atoms with Crippen molar-refractivity contribution in [1.82, 2.24) is 15.0 Å². The summed E-state index contributed by atoms with van der Waals surface area (Å²) in [6, 6.07) is 5.57. The maximum Gasteiger partial charge on any atom is 0.257 e. The highest BCUT2D eigenvalue weighted by Crippen LogP contribution is 2.47. The molecule has 3 aromatic rings. The van der Waals surface area contributed by atoms with Crippen LogP contribution in [-0.4, -0.2) is 40.5 Å². The highest BCUT2D eigenvalue weighted by atomic mass is 16.5. The molecular formula is C21H23N5O3. The van der Waals surface area contributed by atoms with Gasteiger partial charge in [0.05, 0.1) is 28.8 Å². The fraction of sp³-hybridized carbons (Fsp3) is 0.333. The number of aryl methyl sites for hydroxylation is 1. The van der Waals surface area contributed by atoms with Crippen LogP contribution in [0.1, 0.15) is 41.0 Å². The predicted molar refractivity (Wildman–Crippen MR) is 110 cm³/mol. The lowest BCUT2D eigenvalue weighted by Gasteiger charge is -2.10. The van der Waals surface area contributed by atoms with Crippen molar-refractivity contribution in [1.29, 1.82) is 0 Å². The summed E-state index contributed by atoms with van der Waals surface area (Å²) in [5, 5.41) is 6.41. The van der Waals surface area contributed by atoms with E-state index in [1.165, 1.54) is 6.92 Å². The number of nitrogens with zero attached hydrogens (tertiary/aromatic N) is 2. The first-order valence-electron chi connectivity index (χ1n) is 9.47. The molecule has 3 N–H and O–H groups in total. The summed E-state index contributed by atoms with van der Waals surface area (Å²) in [6.07, 6.45) is 4.21. The smallest absolute Gasteiger partial charge is 0.257 e. The maximum absolute atomic E-state index is 12.7. The van der Waals surface area contributed by atoms with Gasteiger partial charge in [0.1, 0.15) is 5.65 Å². The highest BCUT2D eigenvalue weighted by Gasteiger charge is 2.39. The fourth-order valence-corrected chi connectivity index (χ4v) is 3.51. The Labute approximate surface area is 168 Å². The molecule has 2 atom stereocenters. The summed E-state index contributed by atoms with van der Waals surface area (Å²) in [6.45, 7) is 3.97. The van der Waals surface area contributed by atoms with Gasteiger partial charge >= 0.3 is 0 Å². The van der Waals surface area contributed by atoms with Crippen LogP contribution in [0.2, 0.25) is 0 Å². The number of anilines is 2. The van der Waals surface area contributed by atoms with Crippen molar-refractivity contribution < 1.29 is 14.3 Å². The first-order valence-corrected chi connectivity index (χ1v) is 9.47. The van der Waals surface area contributed by atoms with Crippen molar-refractivity contribution in [2.24, 2.45) is 5.92 Å². The first-order chi connectivity index (χ1) is 13.9. The molecule has 0 saturated heterocycles. The van der Waals surface area contributed by atoms with E-state index in [4.69, 9.17) is 4.74 Å². The molecular weight excluding hydrogens is 370 g/mol. The van der Waals surface area contributed by atoms with Crippen molar-refractivity contribution in [2.75, 3.05) is 24.4 Å². The number of carbonyl (C=O) groups excluding carboxylic acids is 2. The molecule has 8 heteroatoms. The minimum Gasteiger partial charge on any atom is -0.384 e. The normalized spacial score (nSPS) is 17.9. The largest absolute Gasteiger partial charge is 0.384 e. The first kappa shape index (κ1) is 19.1. The van der Waals surface area contributed by atoms with E-state index in [1.807, 2.05) is 6.07 Å². The van der Waals surface area contributed by atoms with Crippen molar-refractivity contribution in [3.05, 3.63) is 47.5 Å². The summed E-state index contributed by atoms with van der Waals surface area (Å²) in [5.74, 6) is 0.527. The summed E-state index contributed by atoms with van der Waals surface area (Å²) in [5.41, 5.74) is 4.08. The van der Waals surface area contributed by atoms with E-state index in [2.05, 4.69) is 31.7 Å². The molecule has 0 aliphatic heterocycles. The van der Waals surface area contributed by atoms with E-state index in [1.54, 1.807) is 32.5 Å². The zero-order chi connectivity index (χ0) is 20.5. The third-order valence-corrected chi connectivity index (χ3v) is 5.11.